The van der Waals surface area contributed by atoms with Gasteiger partial charge in [-0.3, -0.25) is 4.79 Å². The molecule has 0 unspecified atom stereocenters. The van der Waals surface area contributed by atoms with E-state index in [1.54, 1.807) is 25.6 Å². The van der Waals surface area contributed by atoms with Crippen LogP contribution < -0.4 is 0 Å². The summed E-state index contributed by atoms with van der Waals surface area (Å²) in [5.41, 5.74) is 1.36. The Morgan fingerprint density at radius 3 is 2.84 bits per heavy atom. The highest BCUT2D eigenvalue weighted by Gasteiger charge is 2.26. The van der Waals surface area contributed by atoms with Crippen molar-refractivity contribution in [3.63, 3.8) is 0 Å². The van der Waals surface area contributed by atoms with Crippen molar-refractivity contribution in [2.75, 3.05) is 5.75 Å². The molecular weight excluding hydrogens is 260 g/mol. The van der Waals surface area contributed by atoms with E-state index in [4.69, 9.17) is 5.11 Å². The number of hydrogen-bond acceptors (Lipinski definition) is 3. The largest absolute Gasteiger partial charge is 0.481 e. The maximum Gasteiger partial charge on any atom is 0.309 e. The fourth-order valence-corrected chi connectivity index (χ4v) is 2.61. The Hall–Kier alpha value is -1.49. The summed E-state index contributed by atoms with van der Waals surface area (Å²) in [5, 5.41) is 9.93. The van der Waals surface area contributed by atoms with Gasteiger partial charge in [-0.1, -0.05) is 23.9 Å². The minimum absolute atomic E-state index is 0.644. The number of carboxylic acids is 1. The zero-order chi connectivity index (χ0) is 13.9. The van der Waals surface area contributed by atoms with Crippen molar-refractivity contribution < 1.29 is 9.90 Å². The topological polar surface area (TPSA) is 66.0 Å². The van der Waals surface area contributed by atoms with E-state index in [0.717, 1.165) is 28.4 Å². The molecule has 0 atom stereocenters. The molecule has 0 spiro atoms. The lowest BCUT2D eigenvalue weighted by Gasteiger charge is -2.18. The van der Waals surface area contributed by atoms with Gasteiger partial charge in [-0.15, -0.1) is 0 Å². The molecule has 5 heteroatoms. The van der Waals surface area contributed by atoms with Crippen LogP contribution in [0.15, 0.2) is 29.4 Å². The van der Waals surface area contributed by atoms with Crippen molar-refractivity contribution in [3.8, 4) is 0 Å². The molecule has 0 aliphatic rings. The number of rotatable bonds is 6. The van der Waals surface area contributed by atoms with Crippen molar-refractivity contribution in [2.24, 2.45) is 5.41 Å². The smallest absolute Gasteiger partial charge is 0.309 e. The van der Waals surface area contributed by atoms with Gasteiger partial charge in [0, 0.05) is 5.75 Å². The van der Waals surface area contributed by atoms with Gasteiger partial charge in [-0.25, -0.2) is 4.98 Å². The molecular formula is C14H18N2O2S. The summed E-state index contributed by atoms with van der Waals surface area (Å²) >= 11 is 1.64. The second-order valence-corrected chi connectivity index (χ2v) is 6.28. The molecule has 0 amide bonds. The minimum Gasteiger partial charge on any atom is -0.481 e. The van der Waals surface area contributed by atoms with E-state index in [1.165, 1.54) is 0 Å². The number of aliphatic carboxylic acids is 1. The first-order valence-electron chi connectivity index (χ1n) is 6.30. The Labute approximate surface area is 116 Å². The first kappa shape index (κ1) is 13.9. The van der Waals surface area contributed by atoms with Crippen LogP contribution in [-0.2, 0) is 4.79 Å². The second kappa shape index (κ2) is 5.65. The number of nitrogens with zero attached hydrogens (tertiary/aromatic N) is 1. The van der Waals surface area contributed by atoms with Crippen LogP contribution in [0.4, 0.5) is 0 Å². The lowest BCUT2D eigenvalue weighted by Crippen LogP contribution is -2.23. The number of nitrogens with one attached hydrogen (secondary N) is 1. The number of carboxylic acid groups (broad SMARTS) is 1. The van der Waals surface area contributed by atoms with Gasteiger partial charge in [0.1, 0.15) is 0 Å². The van der Waals surface area contributed by atoms with Crippen molar-refractivity contribution >= 4 is 28.8 Å². The summed E-state index contributed by atoms with van der Waals surface area (Å²) in [6.45, 7) is 3.53. The van der Waals surface area contributed by atoms with E-state index in [0.29, 0.717) is 6.42 Å². The van der Waals surface area contributed by atoms with Crippen molar-refractivity contribution in [2.45, 2.75) is 31.8 Å². The molecule has 1 aromatic carbocycles. The van der Waals surface area contributed by atoms with E-state index in [1.807, 2.05) is 24.3 Å². The Morgan fingerprint density at radius 1 is 1.42 bits per heavy atom. The molecule has 0 fully saturated rings. The monoisotopic (exact) mass is 278 g/mol. The summed E-state index contributed by atoms with van der Waals surface area (Å²) in [4.78, 5) is 18.7. The summed E-state index contributed by atoms with van der Waals surface area (Å²) in [7, 11) is 0. The molecule has 0 saturated heterocycles. The van der Waals surface area contributed by atoms with E-state index < -0.39 is 11.4 Å². The molecule has 102 valence electrons. The fourth-order valence-electron chi connectivity index (χ4n) is 1.79. The molecule has 0 bridgehead atoms. The summed E-state index contributed by atoms with van der Waals surface area (Å²) in [6.07, 6.45) is 1.54. The molecule has 19 heavy (non-hydrogen) atoms. The average molecular weight is 278 g/mol. The van der Waals surface area contributed by atoms with Crippen LogP contribution in [0.3, 0.4) is 0 Å². The average Bonchev–Trinajstić information content (AvgIpc) is 2.77. The first-order chi connectivity index (χ1) is 8.99. The Kier molecular flexibility index (Phi) is 4.14. The van der Waals surface area contributed by atoms with E-state index in [9.17, 15) is 4.79 Å². The normalized spacial score (nSPS) is 11.9. The number of para-hydroxylation sites is 2. The number of aromatic amines is 1. The summed E-state index contributed by atoms with van der Waals surface area (Å²) < 4.78 is 0. The molecule has 1 aromatic heterocycles. The lowest BCUT2D eigenvalue weighted by molar-refractivity contribution is -0.147. The third-order valence-electron chi connectivity index (χ3n) is 3.13. The highest BCUT2D eigenvalue weighted by Crippen LogP contribution is 2.25. The second-order valence-electron chi connectivity index (χ2n) is 5.20. The van der Waals surface area contributed by atoms with E-state index in [2.05, 4.69) is 9.97 Å². The fraction of sp³-hybridized carbons (Fsp3) is 0.429. The van der Waals surface area contributed by atoms with Gasteiger partial charge in [-0.2, -0.15) is 0 Å². The Morgan fingerprint density at radius 2 is 2.16 bits per heavy atom. The lowest BCUT2D eigenvalue weighted by atomic mass is 9.88. The van der Waals surface area contributed by atoms with Crippen LogP contribution >= 0.6 is 11.8 Å². The zero-order valence-electron chi connectivity index (χ0n) is 11.1. The van der Waals surface area contributed by atoms with Gasteiger partial charge < -0.3 is 10.1 Å². The number of thioether (sulfide) groups is 1. The Balaban J connectivity index is 1.84. The molecule has 1 heterocycles. The molecule has 2 aromatic rings. The van der Waals surface area contributed by atoms with Crippen molar-refractivity contribution in [3.05, 3.63) is 24.3 Å². The van der Waals surface area contributed by atoms with Crippen molar-refractivity contribution in [1.82, 2.24) is 9.97 Å². The minimum atomic E-state index is -0.735. The third kappa shape index (κ3) is 3.50. The van der Waals surface area contributed by atoms with Crippen LogP contribution in [-0.4, -0.2) is 26.8 Å². The molecule has 0 radical (unpaired) electrons. The van der Waals surface area contributed by atoms with Crippen LogP contribution in [0.1, 0.15) is 26.7 Å². The quantitative estimate of drug-likeness (QED) is 0.626. The number of hydrogen-bond donors (Lipinski definition) is 2. The Bertz CT molecular complexity index is 545. The predicted molar refractivity (Wildman–Crippen MR) is 77.5 cm³/mol. The van der Waals surface area contributed by atoms with Crippen LogP contribution in [0, 0.1) is 5.41 Å². The predicted octanol–water partition coefficient (Wildman–Crippen LogP) is 3.55. The van der Waals surface area contributed by atoms with Gasteiger partial charge in [0.15, 0.2) is 5.16 Å². The molecule has 4 nitrogen and oxygen atoms in total. The standard InChI is InChI=1S/C14H18N2O2S/c1-14(2,12(17)18)8-5-9-19-13-15-10-6-3-4-7-11(10)16-13/h3-4,6-7H,5,8-9H2,1-2H3,(H,15,16)(H,17,18). The third-order valence-corrected chi connectivity index (χ3v) is 4.09. The number of H-pyrrole nitrogens is 1. The molecule has 2 N–H and O–H groups in total. The first-order valence-corrected chi connectivity index (χ1v) is 7.28. The maximum atomic E-state index is 11.0. The summed E-state index contributed by atoms with van der Waals surface area (Å²) in [5.74, 6) is 0.137. The van der Waals surface area contributed by atoms with E-state index in [-0.39, 0.29) is 0 Å². The van der Waals surface area contributed by atoms with E-state index >= 15 is 0 Å². The van der Waals surface area contributed by atoms with Crippen molar-refractivity contribution in [1.29, 1.82) is 0 Å². The maximum absolute atomic E-state index is 11.0. The molecule has 0 aliphatic carbocycles. The number of fused-ring (bicyclic) bond motifs is 1. The molecule has 0 aliphatic heterocycles. The molecule has 0 saturated carbocycles. The summed E-state index contributed by atoms with van der Waals surface area (Å²) in [6, 6.07) is 7.92. The van der Waals surface area contributed by atoms with Gasteiger partial charge in [-0.05, 0) is 38.8 Å². The number of aromatic nitrogens is 2. The highest BCUT2D eigenvalue weighted by atomic mass is 32.2. The van der Waals surface area contributed by atoms with Gasteiger partial charge in [0.05, 0.1) is 16.4 Å². The SMILES string of the molecule is CC(C)(CCCSc1nc2ccccc2[nH]1)C(=O)O. The van der Waals surface area contributed by atoms with Crippen LogP contribution in [0.2, 0.25) is 0 Å². The van der Waals surface area contributed by atoms with Crippen LogP contribution in [0.25, 0.3) is 11.0 Å². The van der Waals surface area contributed by atoms with Crippen LogP contribution in [0.5, 0.6) is 0 Å². The zero-order valence-corrected chi connectivity index (χ0v) is 12.0. The number of imidazole rings is 1. The van der Waals surface area contributed by atoms with Gasteiger partial charge in [0.25, 0.3) is 0 Å². The number of benzene rings is 1. The van der Waals surface area contributed by atoms with Gasteiger partial charge in [0.2, 0.25) is 0 Å². The highest BCUT2D eigenvalue weighted by molar-refractivity contribution is 7.99. The molecule has 2 rings (SSSR count). The number of carbonyl (C=O) groups is 1. The van der Waals surface area contributed by atoms with Gasteiger partial charge >= 0.3 is 5.97 Å².